The fraction of sp³-hybridized carbons (Fsp3) is 0.429. The fourth-order valence-electron chi connectivity index (χ4n) is 4.07. The molecule has 0 aliphatic heterocycles. The maximum absolute atomic E-state index is 14.4. The number of H-pyrrole nitrogens is 1. The smallest absolute Gasteiger partial charge is 0.410 e. The number of aromatic nitrogens is 4. The van der Waals surface area contributed by atoms with Crippen LogP contribution < -0.4 is 10.9 Å². The summed E-state index contributed by atoms with van der Waals surface area (Å²) in [6.45, 7) is 0.00325. The molecule has 41 heavy (non-hydrogen) atoms. The summed E-state index contributed by atoms with van der Waals surface area (Å²) < 4.78 is 21.1. The van der Waals surface area contributed by atoms with Gasteiger partial charge >= 0.3 is 6.09 Å². The molecule has 3 aromatic rings. The normalized spacial score (nSPS) is 13.8. The standard InChI is InChI=1S/C28H34FN7O5/c1-34(2)23(37)10-6-5-9-21(41-28(40)35(3)4)26(38)31-19-8-7-13-36(27(19)39)16-22-32-24-18(29)15-30-20(25(24)33-22)14-17-11-12-17/h6-8,10,13,15,17,21H,5,9,11-12,14,16H2,1-4H3,(H,31,38)(H,32,33)/b10-6+. The first-order valence-electron chi connectivity index (χ1n) is 13.3. The average molecular weight is 568 g/mol. The summed E-state index contributed by atoms with van der Waals surface area (Å²) in [5.41, 5.74) is 0.897. The van der Waals surface area contributed by atoms with Gasteiger partial charge in [-0.15, -0.1) is 0 Å². The third-order valence-electron chi connectivity index (χ3n) is 6.58. The summed E-state index contributed by atoms with van der Waals surface area (Å²) in [5.74, 6) is -0.545. The number of hydrogen-bond acceptors (Lipinski definition) is 7. The number of carbonyl (C=O) groups excluding carboxylic acids is 3. The number of imidazole rings is 1. The van der Waals surface area contributed by atoms with Crippen molar-refractivity contribution in [1.82, 2.24) is 29.3 Å². The quantitative estimate of drug-likeness (QED) is 0.339. The molecule has 1 aliphatic carbocycles. The van der Waals surface area contributed by atoms with Gasteiger partial charge in [0.25, 0.3) is 11.5 Å². The first-order valence-corrected chi connectivity index (χ1v) is 13.3. The molecule has 3 amide bonds. The molecule has 2 N–H and O–H groups in total. The van der Waals surface area contributed by atoms with Crippen LogP contribution in [-0.2, 0) is 27.3 Å². The molecule has 12 nitrogen and oxygen atoms in total. The number of pyridine rings is 2. The maximum atomic E-state index is 14.4. The fourth-order valence-corrected chi connectivity index (χ4v) is 4.07. The number of carbonyl (C=O) groups is 3. The highest BCUT2D eigenvalue weighted by atomic mass is 19.1. The zero-order valence-electron chi connectivity index (χ0n) is 23.5. The van der Waals surface area contributed by atoms with Gasteiger partial charge < -0.3 is 29.4 Å². The van der Waals surface area contributed by atoms with Crippen LogP contribution in [0.5, 0.6) is 0 Å². The molecule has 1 saturated carbocycles. The minimum Gasteiger partial charge on any atom is -0.436 e. The Hall–Kier alpha value is -4.55. The number of aromatic amines is 1. The van der Waals surface area contributed by atoms with E-state index in [0.29, 0.717) is 17.3 Å². The third kappa shape index (κ3) is 7.56. The highest BCUT2D eigenvalue weighted by molar-refractivity contribution is 5.95. The summed E-state index contributed by atoms with van der Waals surface area (Å²) in [7, 11) is 6.20. The van der Waals surface area contributed by atoms with Gasteiger partial charge in [0.1, 0.15) is 17.0 Å². The SMILES string of the molecule is CN(C)C(=O)/C=C/CCC(OC(=O)N(C)C)C(=O)Nc1cccn(Cc2nc3c(F)cnc(CC4CC4)c3[nH]2)c1=O. The van der Waals surface area contributed by atoms with Gasteiger partial charge in [-0.25, -0.2) is 14.2 Å². The second-order valence-corrected chi connectivity index (χ2v) is 10.4. The molecule has 0 bridgehead atoms. The number of halogens is 1. The number of amides is 3. The molecule has 1 fully saturated rings. The van der Waals surface area contributed by atoms with Crippen LogP contribution in [0.3, 0.4) is 0 Å². The lowest BCUT2D eigenvalue weighted by Crippen LogP contribution is -2.37. The molecule has 1 unspecified atom stereocenters. The molecule has 1 atom stereocenters. The summed E-state index contributed by atoms with van der Waals surface area (Å²) >= 11 is 0. The third-order valence-corrected chi connectivity index (χ3v) is 6.58. The molecule has 13 heteroatoms. The first kappa shape index (κ1) is 29.4. The Morgan fingerprint density at radius 2 is 2.00 bits per heavy atom. The van der Waals surface area contributed by atoms with Crippen molar-refractivity contribution in [3.05, 3.63) is 64.4 Å². The molecule has 0 aromatic carbocycles. The van der Waals surface area contributed by atoms with Crippen LogP contribution >= 0.6 is 0 Å². The van der Waals surface area contributed by atoms with Crippen LogP contribution in [0, 0.1) is 11.7 Å². The second kappa shape index (κ2) is 12.7. The van der Waals surface area contributed by atoms with E-state index >= 15 is 0 Å². The minimum atomic E-state index is -1.21. The number of anilines is 1. The van der Waals surface area contributed by atoms with E-state index in [9.17, 15) is 23.6 Å². The van der Waals surface area contributed by atoms with Crippen LogP contribution in [0.25, 0.3) is 11.0 Å². The number of likely N-dealkylation sites (N-methyl/N-ethyl adjacent to an activating group) is 1. The predicted molar refractivity (Wildman–Crippen MR) is 150 cm³/mol. The van der Waals surface area contributed by atoms with Crippen molar-refractivity contribution in [1.29, 1.82) is 0 Å². The summed E-state index contributed by atoms with van der Waals surface area (Å²) in [5, 5.41) is 2.55. The topological polar surface area (TPSA) is 143 Å². The predicted octanol–water partition coefficient (Wildman–Crippen LogP) is 2.69. The van der Waals surface area contributed by atoms with Crippen LogP contribution in [0.15, 0.2) is 41.5 Å². The van der Waals surface area contributed by atoms with Gasteiger partial charge in [-0.2, -0.15) is 0 Å². The molecule has 0 radical (unpaired) electrons. The Kier molecular flexibility index (Phi) is 9.15. The van der Waals surface area contributed by atoms with Gasteiger partial charge in [-0.1, -0.05) is 6.08 Å². The van der Waals surface area contributed by atoms with Gasteiger partial charge in [0.05, 0.1) is 24.0 Å². The lowest BCUT2D eigenvalue weighted by atomic mass is 10.1. The van der Waals surface area contributed by atoms with E-state index in [4.69, 9.17) is 4.74 Å². The number of ether oxygens (including phenoxy) is 1. The molecule has 3 heterocycles. The molecular weight excluding hydrogens is 533 g/mol. The maximum Gasteiger partial charge on any atom is 0.410 e. The molecule has 0 saturated heterocycles. The van der Waals surface area contributed by atoms with Gasteiger partial charge in [0.2, 0.25) is 5.91 Å². The monoisotopic (exact) mass is 567 g/mol. The summed E-state index contributed by atoms with van der Waals surface area (Å²) in [6.07, 6.45) is 7.06. The van der Waals surface area contributed by atoms with Crippen molar-refractivity contribution in [2.75, 3.05) is 33.5 Å². The Labute approximate surface area is 236 Å². The Balaban J connectivity index is 1.49. The van der Waals surface area contributed by atoms with Crippen molar-refractivity contribution in [2.24, 2.45) is 5.92 Å². The van der Waals surface area contributed by atoms with Crippen molar-refractivity contribution >= 4 is 34.6 Å². The molecular formula is C28H34FN7O5. The number of rotatable bonds is 11. The van der Waals surface area contributed by atoms with E-state index in [0.717, 1.165) is 25.0 Å². The van der Waals surface area contributed by atoms with E-state index in [1.807, 2.05) is 0 Å². The van der Waals surface area contributed by atoms with E-state index in [-0.39, 0.29) is 36.5 Å². The molecule has 4 rings (SSSR count). The van der Waals surface area contributed by atoms with E-state index in [2.05, 4.69) is 20.3 Å². The molecule has 3 aromatic heterocycles. The first-order chi connectivity index (χ1) is 19.5. The van der Waals surface area contributed by atoms with Crippen LogP contribution in [0.1, 0.15) is 37.2 Å². The minimum absolute atomic E-state index is 0.00325. The number of hydrogen-bond donors (Lipinski definition) is 2. The lowest BCUT2D eigenvalue weighted by molar-refractivity contribution is -0.125. The van der Waals surface area contributed by atoms with Gasteiger partial charge in [-0.3, -0.25) is 19.4 Å². The van der Waals surface area contributed by atoms with Crippen molar-refractivity contribution < 1.29 is 23.5 Å². The van der Waals surface area contributed by atoms with Crippen molar-refractivity contribution in [3.63, 3.8) is 0 Å². The lowest BCUT2D eigenvalue weighted by Gasteiger charge is -2.19. The Morgan fingerprint density at radius 3 is 2.68 bits per heavy atom. The van der Waals surface area contributed by atoms with Crippen LogP contribution in [0.4, 0.5) is 14.9 Å². The van der Waals surface area contributed by atoms with E-state index < -0.39 is 29.5 Å². The summed E-state index contributed by atoms with van der Waals surface area (Å²) in [6, 6.07) is 3.02. The van der Waals surface area contributed by atoms with Crippen LogP contribution in [-0.4, -0.2) is 81.5 Å². The summed E-state index contributed by atoms with van der Waals surface area (Å²) in [4.78, 5) is 64.5. The van der Waals surface area contributed by atoms with E-state index in [1.165, 1.54) is 53.0 Å². The van der Waals surface area contributed by atoms with Gasteiger partial charge in [0.15, 0.2) is 11.9 Å². The Morgan fingerprint density at radius 1 is 1.24 bits per heavy atom. The highest BCUT2D eigenvalue weighted by Gasteiger charge is 2.26. The average Bonchev–Trinajstić information content (AvgIpc) is 3.64. The molecule has 0 spiro atoms. The number of nitrogens with zero attached hydrogens (tertiary/aromatic N) is 5. The number of fused-ring (bicyclic) bond motifs is 1. The van der Waals surface area contributed by atoms with Gasteiger partial charge in [0, 0.05) is 34.4 Å². The Bertz CT molecular complexity index is 1520. The van der Waals surface area contributed by atoms with E-state index in [1.54, 1.807) is 26.2 Å². The van der Waals surface area contributed by atoms with Gasteiger partial charge in [-0.05, 0) is 56.2 Å². The number of nitrogens with one attached hydrogen (secondary N) is 2. The van der Waals surface area contributed by atoms with Crippen molar-refractivity contribution in [3.8, 4) is 0 Å². The number of allylic oxidation sites excluding steroid dienone is 1. The van der Waals surface area contributed by atoms with Crippen molar-refractivity contribution in [2.45, 2.75) is 44.8 Å². The van der Waals surface area contributed by atoms with Crippen LogP contribution in [0.2, 0.25) is 0 Å². The highest BCUT2D eigenvalue weighted by Crippen LogP contribution is 2.33. The second-order valence-electron chi connectivity index (χ2n) is 10.4. The molecule has 1 aliphatic rings. The zero-order valence-corrected chi connectivity index (χ0v) is 23.5. The zero-order chi connectivity index (χ0) is 29.7. The molecule has 218 valence electrons. The largest absolute Gasteiger partial charge is 0.436 e.